The predicted molar refractivity (Wildman–Crippen MR) is 114 cm³/mol. The third-order valence-corrected chi connectivity index (χ3v) is 5.40. The monoisotopic (exact) mass is 379 g/mol. The van der Waals surface area contributed by atoms with E-state index < -0.39 is 0 Å². The van der Waals surface area contributed by atoms with Gasteiger partial charge >= 0.3 is 0 Å². The lowest BCUT2D eigenvalue weighted by atomic mass is 9.98. The number of nitrogen functional groups attached to an aromatic ring is 1. The number of fused-ring (bicyclic) bond motifs is 3. The molecule has 5 nitrogen and oxygen atoms in total. The van der Waals surface area contributed by atoms with Gasteiger partial charge in [-0.25, -0.2) is 9.97 Å². The average molecular weight is 380 g/mol. The van der Waals surface area contributed by atoms with E-state index in [0.717, 1.165) is 52.0 Å². The molecule has 4 rings (SSSR count). The van der Waals surface area contributed by atoms with Crippen molar-refractivity contribution in [2.24, 2.45) is 0 Å². The van der Waals surface area contributed by atoms with Crippen molar-refractivity contribution in [3.05, 3.63) is 53.4 Å². The van der Waals surface area contributed by atoms with Crippen LogP contribution in [-0.2, 0) is 0 Å². The van der Waals surface area contributed by atoms with E-state index >= 15 is 0 Å². The number of anilines is 2. The summed E-state index contributed by atoms with van der Waals surface area (Å²) in [5.41, 5.74) is 13.0. The topological polar surface area (TPSA) is 59.5 Å². The van der Waals surface area contributed by atoms with Gasteiger partial charge in [-0.1, -0.05) is 23.7 Å². The molecular formula is C21H22ClN5. The molecule has 0 amide bonds. The summed E-state index contributed by atoms with van der Waals surface area (Å²) < 4.78 is 2.00. The summed E-state index contributed by atoms with van der Waals surface area (Å²) in [4.78, 5) is 11.3. The van der Waals surface area contributed by atoms with Gasteiger partial charge < -0.3 is 10.6 Å². The second kappa shape index (κ2) is 6.74. The van der Waals surface area contributed by atoms with Gasteiger partial charge in [0.1, 0.15) is 11.3 Å². The van der Waals surface area contributed by atoms with Gasteiger partial charge in [-0.05, 0) is 44.5 Å². The van der Waals surface area contributed by atoms with Crippen LogP contribution in [-0.4, -0.2) is 27.5 Å². The zero-order valence-electron chi connectivity index (χ0n) is 15.7. The van der Waals surface area contributed by atoms with Crippen LogP contribution >= 0.6 is 11.6 Å². The number of benzene rings is 2. The SMILES string of the molecule is CCN(CC)c1cc(-c2c(C)cccc2Cl)c2nc(N)c3cncn3c2c1. The standard InChI is InChI=1S/C21H22ClN5/c1-4-26(5-2)14-9-15(19-13(3)7-6-8-16(19)22)20-17(10-14)27-12-24-11-18(27)21(23)25-20/h6-12H,4-5H2,1-3H3,(H2,23,25). The number of aryl methyl sites for hydroxylation is 1. The molecule has 0 spiro atoms. The molecule has 0 aliphatic heterocycles. The average Bonchev–Trinajstić information content (AvgIpc) is 3.14. The van der Waals surface area contributed by atoms with Crippen LogP contribution in [0.4, 0.5) is 11.5 Å². The third-order valence-electron chi connectivity index (χ3n) is 5.09. The number of aromatic nitrogens is 3. The van der Waals surface area contributed by atoms with Crippen LogP contribution < -0.4 is 10.6 Å². The molecule has 2 heterocycles. The first-order valence-corrected chi connectivity index (χ1v) is 9.48. The fourth-order valence-electron chi connectivity index (χ4n) is 3.69. The first-order valence-electron chi connectivity index (χ1n) is 9.10. The summed E-state index contributed by atoms with van der Waals surface area (Å²) in [6.45, 7) is 8.21. The molecule has 0 atom stereocenters. The Morgan fingerprint density at radius 2 is 1.93 bits per heavy atom. The van der Waals surface area contributed by atoms with Crippen molar-refractivity contribution in [1.29, 1.82) is 0 Å². The Balaban J connectivity index is 2.17. The van der Waals surface area contributed by atoms with Gasteiger partial charge in [0.25, 0.3) is 0 Å². The molecule has 2 aromatic heterocycles. The van der Waals surface area contributed by atoms with Crippen LogP contribution in [0.15, 0.2) is 42.9 Å². The molecule has 4 aromatic rings. The zero-order chi connectivity index (χ0) is 19.1. The number of nitrogens with zero attached hydrogens (tertiary/aromatic N) is 4. The summed E-state index contributed by atoms with van der Waals surface area (Å²) >= 11 is 6.61. The lowest BCUT2D eigenvalue weighted by Gasteiger charge is -2.23. The van der Waals surface area contributed by atoms with Gasteiger partial charge in [0.15, 0.2) is 0 Å². The molecule has 0 unspecified atom stereocenters. The second-order valence-electron chi connectivity index (χ2n) is 6.61. The van der Waals surface area contributed by atoms with E-state index in [1.54, 1.807) is 12.5 Å². The van der Waals surface area contributed by atoms with Crippen LogP contribution in [0, 0.1) is 6.92 Å². The highest BCUT2D eigenvalue weighted by atomic mass is 35.5. The van der Waals surface area contributed by atoms with Crippen molar-refractivity contribution in [1.82, 2.24) is 14.4 Å². The smallest absolute Gasteiger partial charge is 0.150 e. The van der Waals surface area contributed by atoms with Crippen molar-refractivity contribution in [3.63, 3.8) is 0 Å². The van der Waals surface area contributed by atoms with Crippen LogP contribution in [0.3, 0.4) is 0 Å². The third kappa shape index (κ3) is 2.79. The molecule has 27 heavy (non-hydrogen) atoms. The van der Waals surface area contributed by atoms with E-state index in [2.05, 4.69) is 48.9 Å². The largest absolute Gasteiger partial charge is 0.382 e. The van der Waals surface area contributed by atoms with Crippen molar-refractivity contribution in [3.8, 4) is 11.1 Å². The number of rotatable bonds is 4. The Kier molecular flexibility index (Phi) is 4.40. The van der Waals surface area contributed by atoms with Crippen LogP contribution in [0.1, 0.15) is 19.4 Å². The van der Waals surface area contributed by atoms with E-state index in [1.165, 1.54) is 0 Å². The molecule has 6 heteroatoms. The molecule has 0 radical (unpaired) electrons. The summed E-state index contributed by atoms with van der Waals surface area (Å²) in [5.74, 6) is 0.460. The van der Waals surface area contributed by atoms with Gasteiger partial charge in [0.2, 0.25) is 0 Å². The van der Waals surface area contributed by atoms with Crippen molar-refractivity contribution >= 4 is 39.7 Å². The van der Waals surface area contributed by atoms with Gasteiger partial charge in [-0.3, -0.25) is 4.40 Å². The summed E-state index contributed by atoms with van der Waals surface area (Å²) in [6.07, 6.45) is 3.53. The Bertz CT molecular complexity index is 1120. The van der Waals surface area contributed by atoms with Crippen molar-refractivity contribution in [2.75, 3.05) is 23.7 Å². The van der Waals surface area contributed by atoms with E-state index in [4.69, 9.17) is 22.3 Å². The maximum atomic E-state index is 6.61. The Hall–Kier alpha value is -2.79. The van der Waals surface area contributed by atoms with Gasteiger partial charge in [-0.15, -0.1) is 0 Å². The highest BCUT2D eigenvalue weighted by Gasteiger charge is 2.18. The number of halogens is 1. The van der Waals surface area contributed by atoms with Crippen LogP contribution in [0.5, 0.6) is 0 Å². The van der Waals surface area contributed by atoms with E-state index in [-0.39, 0.29) is 0 Å². The summed E-state index contributed by atoms with van der Waals surface area (Å²) in [5, 5.41) is 0.707. The number of hydrogen-bond donors (Lipinski definition) is 1. The lowest BCUT2D eigenvalue weighted by molar-refractivity contribution is 0.867. The second-order valence-corrected chi connectivity index (χ2v) is 7.02. The molecule has 0 fully saturated rings. The summed E-state index contributed by atoms with van der Waals surface area (Å²) in [7, 11) is 0. The van der Waals surface area contributed by atoms with Crippen molar-refractivity contribution in [2.45, 2.75) is 20.8 Å². The molecule has 138 valence electrons. The van der Waals surface area contributed by atoms with E-state index in [1.807, 2.05) is 16.5 Å². The summed E-state index contributed by atoms with van der Waals surface area (Å²) in [6, 6.07) is 10.3. The fraction of sp³-hybridized carbons (Fsp3) is 0.238. The van der Waals surface area contributed by atoms with Crippen LogP contribution in [0.2, 0.25) is 5.02 Å². The number of nitrogens with two attached hydrogens (primary N) is 1. The number of imidazole rings is 1. The molecule has 0 bridgehead atoms. The highest BCUT2D eigenvalue weighted by Crippen LogP contribution is 2.38. The molecular weight excluding hydrogens is 358 g/mol. The Labute approximate surface area is 163 Å². The maximum Gasteiger partial charge on any atom is 0.150 e. The lowest BCUT2D eigenvalue weighted by Crippen LogP contribution is -2.22. The molecule has 2 N–H and O–H groups in total. The minimum Gasteiger partial charge on any atom is -0.382 e. The Morgan fingerprint density at radius 3 is 2.63 bits per heavy atom. The quantitative estimate of drug-likeness (QED) is 0.545. The fourth-order valence-corrected chi connectivity index (χ4v) is 4.02. The van der Waals surface area contributed by atoms with Crippen molar-refractivity contribution < 1.29 is 0 Å². The van der Waals surface area contributed by atoms with E-state index in [0.29, 0.717) is 10.8 Å². The number of hydrogen-bond acceptors (Lipinski definition) is 4. The highest BCUT2D eigenvalue weighted by molar-refractivity contribution is 6.34. The first-order chi connectivity index (χ1) is 13.0. The van der Waals surface area contributed by atoms with Gasteiger partial charge in [-0.2, -0.15) is 0 Å². The minimum absolute atomic E-state index is 0.460. The van der Waals surface area contributed by atoms with E-state index in [9.17, 15) is 0 Å². The minimum atomic E-state index is 0.460. The molecule has 2 aromatic carbocycles. The zero-order valence-corrected chi connectivity index (χ0v) is 16.5. The maximum absolute atomic E-state index is 6.61. The normalized spacial score (nSPS) is 11.4. The Morgan fingerprint density at radius 1 is 1.15 bits per heavy atom. The molecule has 0 aliphatic carbocycles. The molecule has 0 saturated heterocycles. The van der Waals surface area contributed by atoms with Gasteiger partial charge in [0.05, 0.1) is 23.6 Å². The first kappa shape index (κ1) is 17.6. The van der Waals surface area contributed by atoms with Crippen LogP contribution in [0.25, 0.3) is 27.7 Å². The van der Waals surface area contributed by atoms with Gasteiger partial charge in [0, 0.05) is 34.9 Å². The molecule has 0 saturated carbocycles. The predicted octanol–water partition coefficient (Wildman–Crippen LogP) is 4.94. The molecule has 0 aliphatic rings.